The zero-order valence-corrected chi connectivity index (χ0v) is 15.5. The Kier molecular flexibility index (Phi) is 5.84. The molecular weight excluding hydrogens is 328 g/mol. The van der Waals surface area contributed by atoms with E-state index in [1.165, 1.54) is 6.07 Å². The van der Waals surface area contributed by atoms with Crippen LogP contribution < -0.4 is 10.8 Å². The zero-order valence-electron chi connectivity index (χ0n) is 15.5. The van der Waals surface area contributed by atoms with Gasteiger partial charge in [0.25, 0.3) is 0 Å². The van der Waals surface area contributed by atoms with Gasteiger partial charge in [0.05, 0.1) is 11.2 Å². The molecular formula is C21H31BFNO2. The van der Waals surface area contributed by atoms with Crippen molar-refractivity contribution in [1.82, 2.24) is 0 Å². The largest absolute Gasteiger partial charge is 0.494 e. The summed E-state index contributed by atoms with van der Waals surface area (Å²) >= 11 is 0. The monoisotopic (exact) mass is 359 g/mol. The number of halogens is 1. The van der Waals surface area contributed by atoms with E-state index >= 15 is 0 Å². The van der Waals surface area contributed by atoms with Crippen LogP contribution in [0.15, 0.2) is 42.5 Å². The molecule has 1 N–H and O–H groups in total. The first-order chi connectivity index (χ1) is 11.7. The lowest BCUT2D eigenvalue weighted by molar-refractivity contribution is 0.00578. The van der Waals surface area contributed by atoms with E-state index in [-0.39, 0.29) is 33.0 Å². The van der Waals surface area contributed by atoms with Crippen LogP contribution in [0.25, 0.3) is 0 Å². The molecule has 0 amide bonds. The summed E-state index contributed by atoms with van der Waals surface area (Å²) in [6.07, 6.45) is 0. The predicted molar refractivity (Wildman–Crippen MR) is 109 cm³/mol. The molecule has 1 heterocycles. The fourth-order valence-corrected chi connectivity index (χ4v) is 2.73. The molecule has 0 atom stereocenters. The van der Waals surface area contributed by atoms with Crippen LogP contribution in [0.4, 0.5) is 10.1 Å². The van der Waals surface area contributed by atoms with E-state index in [2.05, 4.69) is 45.1 Å². The summed E-state index contributed by atoms with van der Waals surface area (Å²) in [6, 6.07) is 13.2. The molecule has 1 fully saturated rings. The van der Waals surface area contributed by atoms with E-state index in [0.717, 1.165) is 16.7 Å². The van der Waals surface area contributed by atoms with Crippen molar-refractivity contribution < 1.29 is 15.1 Å². The third-order valence-corrected chi connectivity index (χ3v) is 5.16. The molecule has 2 aromatic rings. The van der Waals surface area contributed by atoms with E-state index in [1.54, 1.807) is 13.0 Å². The quantitative estimate of drug-likeness (QED) is 0.786. The number of aryl methyl sites for hydroxylation is 1. The van der Waals surface area contributed by atoms with E-state index in [0.29, 0.717) is 12.1 Å². The molecule has 0 saturated carbocycles. The number of benzene rings is 2. The second kappa shape index (κ2) is 7.41. The maximum Gasteiger partial charge on any atom is 0.494 e. The Hall–Kier alpha value is -1.85. The molecule has 142 valence electrons. The molecule has 0 spiro atoms. The predicted octanol–water partition coefficient (Wildman–Crippen LogP) is 4.93. The average molecular weight is 359 g/mol. The van der Waals surface area contributed by atoms with Crippen molar-refractivity contribution in [1.29, 1.82) is 0 Å². The molecule has 0 unspecified atom stereocenters. The van der Waals surface area contributed by atoms with Gasteiger partial charge in [0.1, 0.15) is 5.82 Å². The number of rotatable bonds is 4. The summed E-state index contributed by atoms with van der Waals surface area (Å²) in [4.78, 5) is 0. The molecule has 1 saturated heterocycles. The highest BCUT2D eigenvalue weighted by atomic mass is 19.1. The van der Waals surface area contributed by atoms with Crippen molar-refractivity contribution in [3.63, 3.8) is 0 Å². The van der Waals surface area contributed by atoms with Gasteiger partial charge in [0.15, 0.2) is 0 Å². The van der Waals surface area contributed by atoms with Crippen LogP contribution in [-0.2, 0) is 15.9 Å². The van der Waals surface area contributed by atoms with Crippen LogP contribution >= 0.6 is 0 Å². The summed E-state index contributed by atoms with van der Waals surface area (Å²) in [5.41, 5.74) is 3.04. The van der Waals surface area contributed by atoms with E-state index < -0.39 is 0 Å². The molecule has 0 aliphatic carbocycles. The standard InChI is InChI=1S/C20H25BFNO2.CH4.H2/c1-14-12-17(10-11-18(14)22)23-13-15-6-8-16(9-7-15)21-24-19(2,3)20(4,5)25-21;;/h6-12,23H,13H2,1-5H3;1H4;1H. The van der Waals surface area contributed by atoms with Crippen molar-refractivity contribution in [3.8, 4) is 0 Å². The average Bonchev–Trinajstić information content (AvgIpc) is 2.77. The van der Waals surface area contributed by atoms with Gasteiger partial charge in [-0.3, -0.25) is 0 Å². The molecule has 5 heteroatoms. The van der Waals surface area contributed by atoms with E-state index in [9.17, 15) is 4.39 Å². The number of nitrogens with one attached hydrogen (secondary N) is 1. The first-order valence-corrected chi connectivity index (χ1v) is 8.62. The van der Waals surface area contributed by atoms with Gasteiger partial charge in [0.2, 0.25) is 0 Å². The molecule has 3 rings (SSSR count). The third kappa shape index (κ3) is 4.10. The van der Waals surface area contributed by atoms with Gasteiger partial charge in [-0.15, -0.1) is 0 Å². The number of hydrogen-bond donors (Lipinski definition) is 1. The van der Waals surface area contributed by atoms with Crippen LogP contribution in [0.1, 0.15) is 47.7 Å². The van der Waals surface area contributed by atoms with Gasteiger partial charge in [-0.2, -0.15) is 0 Å². The van der Waals surface area contributed by atoms with Crippen molar-refractivity contribution in [2.75, 3.05) is 5.32 Å². The first kappa shape index (κ1) is 20.5. The normalized spacial score (nSPS) is 17.7. The lowest BCUT2D eigenvalue weighted by Gasteiger charge is -2.32. The van der Waals surface area contributed by atoms with Crippen molar-refractivity contribution in [2.45, 2.75) is 59.8 Å². The van der Waals surface area contributed by atoms with Crippen molar-refractivity contribution >= 4 is 18.3 Å². The van der Waals surface area contributed by atoms with Crippen LogP contribution in [0, 0.1) is 12.7 Å². The van der Waals surface area contributed by atoms with Crippen LogP contribution in [0.2, 0.25) is 0 Å². The van der Waals surface area contributed by atoms with Gasteiger partial charge >= 0.3 is 7.12 Å². The maximum absolute atomic E-state index is 13.3. The molecule has 1 aliphatic heterocycles. The minimum Gasteiger partial charge on any atom is -0.399 e. The second-order valence-corrected chi connectivity index (χ2v) is 7.65. The summed E-state index contributed by atoms with van der Waals surface area (Å²) in [5, 5.41) is 3.31. The highest BCUT2D eigenvalue weighted by Gasteiger charge is 2.51. The number of anilines is 1. The Morgan fingerprint density at radius 1 is 1.00 bits per heavy atom. The van der Waals surface area contributed by atoms with Crippen LogP contribution in [0.5, 0.6) is 0 Å². The fraction of sp³-hybridized carbons (Fsp3) is 0.429. The van der Waals surface area contributed by atoms with Crippen molar-refractivity contribution in [3.05, 3.63) is 59.4 Å². The highest BCUT2D eigenvalue weighted by molar-refractivity contribution is 6.62. The van der Waals surface area contributed by atoms with E-state index in [1.807, 2.05) is 18.2 Å². The zero-order chi connectivity index (χ0) is 18.2. The summed E-state index contributed by atoms with van der Waals surface area (Å²) < 4.78 is 25.5. The fourth-order valence-electron chi connectivity index (χ4n) is 2.73. The molecule has 1 aliphatic rings. The topological polar surface area (TPSA) is 30.5 Å². The molecule has 26 heavy (non-hydrogen) atoms. The maximum atomic E-state index is 13.3. The van der Waals surface area contributed by atoms with Gasteiger partial charge in [0, 0.05) is 13.7 Å². The Labute approximate surface area is 158 Å². The van der Waals surface area contributed by atoms with Gasteiger partial charge in [-0.25, -0.2) is 4.39 Å². The Morgan fingerprint density at radius 2 is 1.58 bits per heavy atom. The number of hydrogen-bond acceptors (Lipinski definition) is 3. The second-order valence-electron chi connectivity index (χ2n) is 7.65. The molecule has 0 radical (unpaired) electrons. The van der Waals surface area contributed by atoms with Crippen molar-refractivity contribution in [2.24, 2.45) is 0 Å². The van der Waals surface area contributed by atoms with Crippen LogP contribution in [-0.4, -0.2) is 18.3 Å². The van der Waals surface area contributed by atoms with Gasteiger partial charge < -0.3 is 14.6 Å². The Balaban J connectivity index is 0.00000182. The van der Waals surface area contributed by atoms with Gasteiger partial charge in [-0.1, -0.05) is 31.7 Å². The summed E-state index contributed by atoms with van der Waals surface area (Å²) in [5.74, 6) is -0.183. The van der Waals surface area contributed by atoms with Gasteiger partial charge in [-0.05, 0) is 69.4 Å². The Morgan fingerprint density at radius 3 is 2.12 bits per heavy atom. The molecule has 2 aromatic carbocycles. The lowest BCUT2D eigenvalue weighted by Crippen LogP contribution is -2.41. The minimum atomic E-state index is -0.341. The summed E-state index contributed by atoms with van der Waals surface area (Å²) in [7, 11) is -0.341. The minimum absolute atomic E-state index is 0. The lowest BCUT2D eigenvalue weighted by atomic mass is 9.79. The molecule has 0 aromatic heterocycles. The highest BCUT2D eigenvalue weighted by Crippen LogP contribution is 2.36. The SMILES string of the molecule is C.Cc1cc(NCc2ccc(B3OC(C)(C)C(C)(C)O3)cc2)ccc1F.[HH]. The summed E-state index contributed by atoms with van der Waals surface area (Å²) in [6.45, 7) is 10.6. The van der Waals surface area contributed by atoms with E-state index in [4.69, 9.17) is 9.31 Å². The smallest absolute Gasteiger partial charge is 0.399 e. The third-order valence-electron chi connectivity index (χ3n) is 5.16. The molecule has 0 bridgehead atoms. The molecule has 3 nitrogen and oxygen atoms in total. The first-order valence-electron chi connectivity index (χ1n) is 8.62. The van der Waals surface area contributed by atoms with Crippen LogP contribution in [0.3, 0.4) is 0 Å². The Bertz CT molecular complexity index is 749.